The highest BCUT2D eigenvalue weighted by atomic mass is 16.4. The van der Waals surface area contributed by atoms with Gasteiger partial charge in [0.05, 0.1) is 11.6 Å². The summed E-state index contributed by atoms with van der Waals surface area (Å²) in [6.45, 7) is 0.676. The summed E-state index contributed by atoms with van der Waals surface area (Å²) in [4.78, 5) is 11.4. The molecule has 0 spiro atoms. The minimum absolute atomic E-state index is 0.152. The van der Waals surface area contributed by atoms with E-state index in [4.69, 9.17) is 0 Å². The van der Waals surface area contributed by atoms with Crippen LogP contribution in [0.25, 0.3) is 0 Å². The Balaban J connectivity index is 2.15. The highest BCUT2D eigenvalue weighted by molar-refractivity contribution is 5.89. The number of benzene rings is 2. The quantitative estimate of drug-likeness (QED) is 0.634. The normalized spacial score (nSPS) is 17.2. The van der Waals surface area contributed by atoms with Crippen molar-refractivity contribution in [3.8, 4) is 11.5 Å². The van der Waals surface area contributed by atoms with Crippen LogP contribution < -0.4 is 5.32 Å². The van der Waals surface area contributed by atoms with Crippen molar-refractivity contribution in [3.63, 3.8) is 0 Å². The van der Waals surface area contributed by atoms with Gasteiger partial charge in [0, 0.05) is 6.54 Å². The molecule has 0 amide bonds. The van der Waals surface area contributed by atoms with Crippen molar-refractivity contribution in [1.82, 2.24) is 5.32 Å². The van der Waals surface area contributed by atoms with Crippen molar-refractivity contribution in [2.45, 2.75) is 12.5 Å². The van der Waals surface area contributed by atoms with Gasteiger partial charge < -0.3 is 20.6 Å². The molecular weight excluding hydrogens is 270 g/mol. The number of carboxylic acid groups (broad SMARTS) is 1. The third-order valence-corrected chi connectivity index (χ3v) is 3.79. The third-order valence-electron chi connectivity index (χ3n) is 3.79. The minimum atomic E-state index is -0.984. The highest BCUT2D eigenvalue weighted by Gasteiger charge is 2.26. The van der Waals surface area contributed by atoms with Crippen LogP contribution in [0, 0.1) is 0 Å². The first kappa shape index (κ1) is 13.5. The number of fused-ring (bicyclic) bond motifs is 1. The SMILES string of the molecule is O=C(O)c1ccccc1[C@@H]1NCCc2cc(O)c(O)cc21. The maximum absolute atomic E-state index is 11.4. The van der Waals surface area contributed by atoms with Crippen LogP contribution in [0.3, 0.4) is 0 Å². The second kappa shape index (κ2) is 5.10. The topological polar surface area (TPSA) is 89.8 Å². The van der Waals surface area contributed by atoms with Crippen LogP contribution in [0.15, 0.2) is 36.4 Å². The molecule has 5 nitrogen and oxygen atoms in total. The first-order valence-corrected chi connectivity index (χ1v) is 6.68. The molecule has 0 unspecified atom stereocenters. The number of phenolic OH excluding ortho intramolecular Hbond substituents is 2. The third kappa shape index (κ3) is 2.32. The van der Waals surface area contributed by atoms with Crippen LogP contribution in [0.5, 0.6) is 11.5 Å². The minimum Gasteiger partial charge on any atom is -0.504 e. The van der Waals surface area contributed by atoms with Gasteiger partial charge >= 0.3 is 5.97 Å². The predicted octanol–water partition coefficient (Wildman–Crippen LogP) is 2.03. The van der Waals surface area contributed by atoms with Crippen molar-refractivity contribution < 1.29 is 20.1 Å². The van der Waals surface area contributed by atoms with Gasteiger partial charge in [0.15, 0.2) is 11.5 Å². The lowest BCUT2D eigenvalue weighted by Gasteiger charge is -2.28. The molecule has 0 saturated heterocycles. The van der Waals surface area contributed by atoms with E-state index in [1.807, 2.05) is 0 Å². The molecule has 3 rings (SSSR count). The largest absolute Gasteiger partial charge is 0.504 e. The summed E-state index contributed by atoms with van der Waals surface area (Å²) in [7, 11) is 0. The van der Waals surface area contributed by atoms with E-state index in [0.717, 1.165) is 17.5 Å². The molecule has 21 heavy (non-hydrogen) atoms. The molecule has 0 saturated carbocycles. The second-order valence-corrected chi connectivity index (χ2v) is 5.07. The van der Waals surface area contributed by atoms with Crippen LogP contribution in [0.2, 0.25) is 0 Å². The number of carboxylic acids is 1. The molecule has 0 bridgehead atoms. The summed E-state index contributed by atoms with van der Waals surface area (Å²) in [5, 5.41) is 31.9. The lowest BCUT2D eigenvalue weighted by molar-refractivity contribution is 0.0695. The molecule has 4 N–H and O–H groups in total. The van der Waals surface area contributed by atoms with E-state index < -0.39 is 5.97 Å². The number of phenols is 2. The summed E-state index contributed by atoms with van der Waals surface area (Å²) in [6, 6.07) is 9.53. The van der Waals surface area contributed by atoms with Gasteiger partial charge in [-0.1, -0.05) is 18.2 Å². The Bertz CT molecular complexity index is 711. The van der Waals surface area contributed by atoms with E-state index in [1.54, 1.807) is 30.3 Å². The molecule has 1 aliphatic heterocycles. The molecule has 2 aromatic carbocycles. The maximum atomic E-state index is 11.4. The summed E-state index contributed by atoms with van der Waals surface area (Å²) >= 11 is 0. The fourth-order valence-electron chi connectivity index (χ4n) is 2.80. The van der Waals surface area contributed by atoms with Crippen LogP contribution in [0.4, 0.5) is 0 Å². The lowest BCUT2D eigenvalue weighted by atomic mass is 9.87. The number of nitrogens with one attached hydrogen (secondary N) is 1. The van der Waals surface area contributed by atoms with Crippen molar-refractivity contribution >= 4 is 5.97 Å². The molecule has 1 heterocycles. The van der Waals surface area contributed by atoms with Gasteiger partial charge in [0.1, 0.15) is 0 Å². The summed E-state index contributed by atoms with van der Waals surface area (Å²) in [6.07, 6.45) is 0.717. The summed E-state index contributed by atoms with van der Waals surface area (Å²) in [5.41, 5.74) is 2.59. The fourth-order valence-corrected chi connectivity index (χ4v) is 2.80. The molecule has 1 aliphatic rings. The van der Waals surface area contributed by atoms with E-state index >= 15 is 0 Å². The van der Waals surface area contributed by atoms with E-state index in [1.165, 1.54) is 6.07 Å². The Morgan fingerprint density at radius 2 is 1.81 bits per heavy atom. The van der Waals surface area contributed by atoms with Gasteiger partial charge in [-0.3, -0.25) is 0 Å². The van der Waals surface area contributed by atoms with E-state index in [9.17, 15) is 20.1 Å². The number of aromatic hydroxyl groups is 2. The molecule has 0 aromatic heterocycles. The number of hydrogen-bond donors (Lipinski definition) is 4. The van der Waals surface area contributed by atoms with Crippen LogP contribution >= 0.6 is 0 Å². The van der Waals surface area contributed by atoms with E-state index in [-0.39, 0.29) is 23.1 Å². The lowest BCUT2D eigenvalue weighted by Crippen LogP contribution is -2.31. The smallest absolute Gasteiger partial charge is 0.336 e. The van der Waals surface area contributed by atoms with Gasteiger partial charge in [0.25, 0.3) is 0 Å². The van der Waals surface area contributed by atoms with Gasteiger partial charge in [0.2, 0.25) is 0 Å². The zero-order valence-corrected chi connectivity index (χ0v) is 11.2. The molecular formula is C16H15NO4. The van der Waals surface area contributed by atoms with Gasteiger partial charge in [-0.2, -0.15) is 0 Å². The average Bonchev–Trinajstić information content (AvgIpc) is 2.48. The standard InChI is InChI=1S/C16H15NO4/c18-13-7-9-5-6-17-15(12(9)8-14(13)19)10-3-1-2-4-11(10)16(20)21/h1-4,7-8,15,17-19H,5-6H2,(H,20,21)/t15-/m0/s1. The van der Waals surface area contributed by atoms with Crippen LogP contribution in [0.1, 0.15) is 33.1 Å². The first-order valence-electron chi connectivity index (χ1n) is 6.68. The molecule has 0 fully saturated rings. The number of carbonyl (C=O) groups is 1. The Kier molecular flexibility index (Phi) is 3.27. The van der Waals surface area contributed by atoms with Gasteiger partial charge in [-0.05, 0) is 41.3 Å². The predicted molar refractivity (Wildman–Crippen MR) is 76.7 cm³/mol. The van der Waals surface area contributed by atoms with E-state index in [0.29, 0.717) is 12.1 Å². The number of hydrogen-bond acceptors (Lipinski definition) is 4. The van der Waals surface area contributed by atoms with E-state index in [2.05, 4.69) is 5.32 Å². The Hall–Kier alpha value is -2.53. The zero-order valence-electron chi connectivity index (χ0n) is 11.2. The molecule has 2 aromatic rings. The number of rotatable bonds is 2. The number of aromatic carboxylic acids is 1. The van der Waals surface area contributed by atoms with Crippen molar-refractivity contribution in [3.05, 3.63) is 58.7 Å². The molecule has 0 radical (unpaired) electrons. The summed E-state index contributed by atoms with van der Waals surface area (Å²) < 4.78 is 0. The van der Waals surface area contributed by atoms with Crippen molar-refractivity contribution in [1.29, 1.82) is 0 Å². The van der Waals surface area contributed by atoms with Crippen molar-refractivity contribution in [2.75, 3.05) is 6.54 Å². The monoisotopic (exact) mass is 285 g/mol. The van der Waals surface area contributed by atoms with Gasteiger partial charge in [-0.25, -0.2) is 4.79 Å². The Morgan fingerprint density at radius 3 is 2.57 bits per heavy atom. The first-order chi connectivity index (χ1) is 10.1. The maximum Gasteiger partial charge on any atom is 0.336 e. The average molecular weight is 285 g/mol. The van der Waals surface area contributed by atoms with Gasteiger partial charge in [-0.15, -0.1) is 0 Å². The molecule has 5 heteroatoms. The molecule has 1 atom stereocenters. The zero-order chi connectivity index (χ0) is 15.0. The van der Waals surface area contributed by atoms with Crippen LogP contribution in [-0.4, -0.2) is 27.8 Å². The second-order valence-electron chi connectivity index (χ2n) is 5.07. The Labute approximate surface area is 121 Å². The highest BCUT2D eigenvalue weighted by Crippen LogP contribution is 2.37. The Morgan fingerprint density at radius 1 is 1.10 bits per heavy atom. The molecule has 108 valence electrons. The van der Waals surface area contributed by atoms with Crippen molar-refractivity contribution in [2.24, 2.45) is 0 Å². The van der Waals surface area contributed by atoms with Crippen LogP contribution in [-0.2, 0) is 6.42 Å². The fraction of sp³-hybridized carbons (Fsp3) is 0.188. The summed E-state index contributed by atoms with van der Waals surface area (Å²) in [5.74, 6) is -1.33. The molecule has 0 aliphatic carbocycles.